The van der Waals surface area contributed by atoms with E-state index >= 15 is 0 Å². The summed E-state index contributed by atoms with van der Waals surface area (Å²) >= 11 is 2.54. The van der Waals surface area contributed by atoms with Crippen molar-refractivity contribution in [2.24, 2.45) is 0 Å². The first kappa shape index (κ1) is 19.2. The normalized spacial score (nSPS) is 10.8. The molecule has 0 saturated heterocycles. The molecule has 0 unspecified atom stereocenters. The SMILES string of the molecule is Cc1ccc(-c2noc(CSc3nnc(NC(=O)c4ccccc4F)s3)n2)cc1. The van der Waals surface area contributed by atoms with Crippen molar-refractivity contribution in [2.75, 3.05) is 5.32 Å². The third-order valence-electron chi connectivity index (χ3n) is 3.84. The smallest absolute Gasteiger partial charge is 0.260 e. The van der Waals surface area contributed by atoms with Gasteiger partial charge in [-0.15, -0.1) is 10.2 Å². The second kappa shape index (κ2) is 8.50. The van der Waals surface area contributed by atoms with Crippen LogP contribution < -0.4 is 5.32 Å². The minimum atomic E-state index is -0.593. The molecule has 29 heavy (non-hydrogen) atoms. The lowest BCUT2D eigenvalue weighted by atomic mass is 10.1. The summed E-state index contributed by atoms with van der Waals surface area (Å²) in [6.45, 7) is 2.01. The minimum Gasteiger partial charge on any atom is -0.338 e. The number of halogens is 1. The van der Waals surface area contributed by atoms with E-state index in [1.165, 1.54) is 41.3 Å². The van der Waals surface area contributed by atoms with E-state index in [0.29, 0.717) is 21.8 Å². The van der Waals surface area contributed by atoms with E-state index in [9.17, 15) is 9.18 Å². The lowest BCUT2D eigenvalue weighted by molar-refractivity contribution is 0.102. The molecule has 2 aromatic carbocycles. The Hall–Kier alpha value is -3.11. The molecular formula is C19H14FN5O2S2. The summed E-state index contributed by atoms with van der Waals surface area (Å²) < 4.78 is 19.6. The third-order valence-corrected chi connectivity index (χ3v) is 5.80. The van der Waals surface area contributed by atoms with Crippen molar-refractivity contribution < 1.29 is 13.7 Å². The molecule has 0 bridgehead atoms. The molecule has 0 saturated carbocycles. The summed E-state index contributed by atoms with van der Waals surface area (Å²) in [6.07, 6.45) is 0. The molecule has 4 rings (SSSR count). The molecule has 146 valence electrons. The Morgan fingerprint density at radius 3 is 2.76 bits per heavy atom. The lowest BCUT2D eigenvalue weighted by Crippen LogP contribution is -2.13. The topological polar surface area (TPSA) is 93.8 Å². The Kier molecular flexibility index (Phi) is 5.63. The van der Waals surface area contributed by atoms with Crippen molar-refractivity contribution in [3.05, 3.63) is 71.4 Å². The average molecular weight is 427 g/mol. The van der Waals surface area contributed by atoms with Gasteiger partial charge in [0.05, 0.1) is 11.3 Å². The maximum atomic E-state index is 13.7. The van der Waals surface area contributed by atoms with Gasteiger partial charge in [-0.3, -0.25) is 10.1 Å². The van der Waals surface area contributed by atoms with Crippen molar-refractivity contribution >= 4 is 34.1 Å². The second-order valence-corrected chi connectivity index (χ2v) is 8.17. The average Bonchev–Trinajstić information content (AvgIpc) is 3.37. The second-order valence-electron chi connectivity index (χ2n) is 5.97. The van der Waals surface area contributed by atoms with Gasteiger partial charge >= 0.3 is 0 Å². The number of amides is 1. The van der Waals surface area contributed by atoms with Crippen molar-refractivity contribution in [1.29, 1.82) is 0 Å². The number of aryl methyl sites for hydroxylation is 1. The minimum absolute atomic E-state index is 0.0496. The monoisotopic (exact) mass is 427 g/mol. The molecule has 10 heteroatoms. The van der Waals surface area contributed by atoms with Crippen LogP contribution >= 0.6 is 23.1 Å². The van der Waals surface area contributed by atoms with Crippen LogP contribution in [0.5, 0.6) is 0 Å². The molecule has 2 heterocycles. The Balaban J connectivity index is 1.36. The fraction of sp³-hybridized carbons (Fsp3) is 0.105. The third kappa shape index (κ3) is 4.66. The molecule has 2 aromatic heterocycles. The summed E-state index contributed by atoms with van der Waals surface area (Å²) in [5.74, 6) is 0.225. The van der Waals surface area contributed by atoms with Crippen LogP contribution in [0.4, 0.5) is 9.52 Å². The number of aromatic nitrogens is 4. The number of hydrogen-bond donors (Lipinski definition) is 1. The summed E-state index contributed by atoms with van der Waals surface area (Å²) in [6, 6.07) is 13.6. The van der Waals surface area contributed by atoms with Gasteiger partial charge in [0.2, 0.25) is 16.8 Å². The molecule has 0 spiro atoms. The van der Waals surface area contributed by atoms with Crippen LogP contribution in [0.1, 0.15) is 21.8 Å². The highest BCUT2D eigenvalue weighted by Gasteiger charge is 2.15. The van der Waals surface area contributed by atoms with Crippen LogP contribution in [-0.2, 0) is 5.75 Å². The number of carbonyl (C=O) groups excluding carboxylic acids is 1. The van der Waals surface area contributed by atoms with E-state index in [2.05, 4.69) is 25.7 Å². The number of benzene rings is 2. The van der Waals surface area contributed by atoms with Crippen LogP contribution in [-0.4, -0.2) is 26.2 Å². The molecule has 7 nitrogen and oxygen atoms in total. The predicted molar refractivity (Wildman–Crippen MR) is 108 cm³/mol. The van der Waals surface area contributed by atoms with E-state index < -0.39 is 11.7 Å². The first-order valence-corrected chi connectivity index (χ1v) is 10.3. The van der Waals surface area contributed by atoms with E-state index in [1.807, 2.05) is 31.2 Å². The van der Waals surface area contributed by atoms with Gasteiger partial charge in [0.25, 0.3) is 5.91 Å². The predicted octanol–water partition coefficient (Wildman–Crippen LogP) is 4.58. The number of anilines is 1. The van der Waals surface area contributed by atoms with Crippen LogP contribution in [0.25, 0.3) is 11.4 Å². The maximum absolute atomic E-state index is 13.7. The molecule has 1 N–H and O–H groups in total. The number of nitrogens with one attached hydrogen (secondary N) is 1. The summed E-state index contributed by atoms with van der Waals surface area (Å²) in [4.78, 5) is 16.5. The quantitative estimate of drug-likeness (QED) is 0.355. The Morgan fingerprint density at radius 1 is 1.17 bits per heavy atom. The standard InChI is InChI=1S/C19H14FN5O2S2/c1-11-6-8-12(9-7-11)16-21-15(27-25-16)10-28-19-24-23-18(29-19)22-17(26)13-4-2-3-5-14(13)20/h2-9H,10H2,1H3,(H,22,23,26). The van der Waals surface area contributed by atoms with Crippen molar-refractivity contribution in [2.45, 2.75) is 17.0 Å². The number of nitrogens with zero attached hydrogens (tertiary/aromatic N) is 4. The van der Waals surface area contributed by atoms with Crippen LogP contribution in [0.15, 0.2) is 57.4 Å². The maximum Gasteiger partial charge on any atom is 0.260 e. The highest BCUT2D eigenvalue weighted by molar-refractivity contribution is 8.00. The van der Waals surface area contributed by atoms with Crippen LogP contribution in [0.3, 0.4) is 0 Å². The van der Waals surface area contributed by atoms with E-state index in [-0.39, 0.29) is 10.7 Å². The first-order valence-electron chi connectivity index (χ1n) is 8.50. The molecule has 0 fully saturated rings. The van der Waals surface area contributed by atoms with E-state index in [4.69, 9.17) is 4.52 Å². The largest absolute Gasteiger partial charge is 0.338 e. The summed E-state index contributed by atoms with van der Waals surface area (Å²) in [5.41, 5.74) is 1.98. The molecule has 4 aromatic rings. The molecule has 0 aliphatic carbocycles. The van der Waals surface area contributed by atoms with Gasteiger partial charge in [0.15, 0.2) is 4.34 Å². The van der Waals surface area contributed by atoms with Crippen molar-refractivity contribution in [3.63, 3.8) is 0 Å². The highest BCUT2D eigenvalue weighted by atomic mass is 32.2. The lowest BCUT2D eigenvalue weighted by Gasteiger charge is -2.01. The number of rotatable bonds is 6. The molecule has 0 atom stereocenters. The zero-order chi connectivity index (χ0) is 20.2. The van der Waals surface area contributed by atoms with Crippen LogP contribution in [0, 0.1) is 12.7 Å². The van der Waals surface area contributed by atoms with Gasteiger partial charge in [-0.05, 0) is 19.1 Å². The summed E-state index contributed by atoms with van der Waals surface area (Å²) in [7, 11) is 0. The number of hydrogen-bond acceptors (Lipinski definition) is 8. The fourth-order valence-corrected chi connectivity index (χ4v) is 3.97. The van der Waals surface area contributed by atoms with Gasteiger partial charge in [-0.25, -0.2) is 4.39 Å². The molecular weight excluding hydrogens is 413 g/mol. The van der Waals surface area contributed by atoms with Crippen LogP contribution in [0.2, 0.25) is 0 Å². The first-order chi connectivity index (χ1) is 14.1. The fourth-order valence-electron chi connectivity index (χ4n) is 2.39. The Labute approximate surface area is 173 Å². The van der Waals surface area contributed by atoms with Crippen molar-refractivity contribution in [3.8, 4) is 11.4 Å². The number of carbonyl (C=O) groups is 1. The molecule has 0 aliphatic rings. The Morgan fingerprint density at radius 2 is 1.97 bits per heavy atom. The zero-order valence-electron chi connectivity index (χ0n) is 15.1. The molecule has 1 amide bonds. The van der Waals surface area contributed by atoms with Crippen molar-refractivity contribution in [1.82, 2.24) is 20.3 Å². The van der Waals surface area contributed by atoms with E-state index in [0.717, 1.165) is 11.1 Å². The molecule has 0 aliphatic heterocycles. The van der Waals surface area contributed by atoms with Gasteiger partial charge in [-0.2, -0.15) is 4.98 Å². The zero-order valence-corrected chi connectivity index (χ0v) is 16.8. The van der Waals surface area contributed by atoms with Gasteiger partial charge < -0.3 is 4.52 Å². The van der Waals surface area contributed by atoms with Gasteiger partial charge in [-0.1, -0.05) is 70.2 Å². The Bertz CT molecular complexity index is 1140. The highest BCUT2D eigenvalue weighted by Crippen LogP contribution is 2.29. The summed E-state index contributed by atoms with van der Waals surface area (Å²) in [5, 5.41) is 14.7. The van der Waals surface area contributed by atoms with Gasteiger partial charge in [0, 0.05) is 5.56 Å². The van der Waals surface area contributed by atoms with Gasteiger partial charge in [0.1, 0.15) is 5.82 Å². The molecule has 0 radical (unpaired) electrons. The number of thioether (sulfide) groups is 1. The van der Waals surface area contributed by atoms with E-state index in [1.54, 1.807) is 6.07 Å².